The zero-order chi connectivity index (χ0) is 9.38. The summed E-state index contributed by atoms with van der Waals surface area (Å²) in [6, 6.07) is 2.85. The summed E-state index contributed by atoms with van der Waals surface area (Å²) in [7, 11) is 0. The number of hydrogen-bond acceptors (Lipinski definition) is 3. The van der Waals surface area contributed by atoms with Crippen molar-refractivity contribution in [3.63, 3.8) is 0 Å². The van der Waals surface area contributed by atoms with E-state index in [9.17, 15) is 0 Å². The van der Waals surface area contributed by atoms with Crippen molar-refractivity contribution in [3.05, 3.63) is 21.4 Å². The third-order valence-electron chi connectivity index (χ3n) is 3.03. The zero-order valence-corrected chi connectivity index (χ0v) is 9.03. The van der Waals surface area contributed by atoms with Crippen molar-refractivity contribution in [1.29, 1.82) is 0 Å². The molecule has 14 heavy (non-hydrogen) atoms. The van der Waals surface area contributed by atoms with Crippen LogP contribution in [0.2, 0.25) is 0 Å². The maximum Gasteiger partial charge on any atom is 0.0670 e. The molecule has 1 fully saturated rings. The Kier molecular flexibility index (Phi) is 2.32. The van der Waals surface area contributed by atoms with Crippen molar-refractivity contribution in [2.24, 2.45) is 0 Å². The van der Waals surface area contributed by atoms with Crippen LogP contribution in [0.15, 0.2) is 6.07 Å². The zero-order valence-electron chi connectivity index (χ0n) is 8.21. The Bertz CT molecular complexity index is 307. The predicted molar refractivity (Wildman–Crippen MR) is 57.9 cm³/mol. The molecule has 1 aromatic rings. The van der Waals surface area contributed by atoms with Crippen LogP contribution >= 0.6 is 11.3 Å². The lowest BCUT2D eigenvalue weighted by molar-refractivity contribution is 0.0779. The Morgan fingerprint density at radius 1 is 1.43 bits per heavy atom. The van der Waals surface area contributed by atoms with Gasteiger partial charge in [0.25, 0.3) is 0 Å². The molecule has 1 saturated heterocycles. The quantitative estimate of drug-likeness (QED) is 0.762. The fraction of sp³-hybridized carbons (Fsp3) is 0.636. The van der Waals surface area contributed by atoms with E-state index in [1.807, 2.05) is 11.3 Å². The second-order valence-corrected chi connectivity index (χ2v) is 5.20. The molecule has 0 spiro atoms. The predicted octanol–water partition coefficient (Wildman–Crippen LogP) is 1.90. The average molecular weight is 209 g/mol. The number of ether oxygens (including phenoxy) is 1. The van der Waals surface area contributed by atoms with Crippen molar-refractivity contribution in [3.8, 4) is 0 Å². The van der Waals surface area contributed by atoms with E-state index in [1.54, 1.807) is 10.4 Å². The summed E-state index contributed by atoms with van der Waals surface area (Å²) in [5, 5.41) is 3.51. The summed E-state index contributed by atoms with van der Waals surface area (Å²) in [6.07, 6.45) is 3.95. The first kappa shape index (κ1) is 8.89. The number of fused-ring (bicyclic) bond motifs is 1. The summed E-state index contributed by atoms with van der Waals surface area (Å²) in [5.74, 6) is 0. The molecule has 0 aromatic carbocycles. The van der Waals surface area contributed by atoms with Gasteiger partial charge >= 0.3 is 0 Å². The minimum Gasteiger partial charge on any atom is -0.378 e. The Morgan fingerprint density at radius 3 is 3.21 bits per heavy atom. The van der Waals surface area contributed by atoms with E-state index >= 15 is 0 Å². The van der Waals surface area contributed by atoms with Gasteiger partial charge in [-0.3, -0.25) is 0 Å². The average Bonchev–Trinajstić information content (AvgIpc) is 2.78. The lowest BCUT2D eigenvalue weighted by atomic mass is 10.2. The molecule has 2 aliphatic rings. The summed E-state index contributed by atoms with van der Waals surface area (Å²) in [4.78, 5) is 3.10. The molecule has 2 heterocycles. The first-order valence-corrected chi connectivity index (χ1v) is 6.18. The molecule has 1 N–H and O–H groups in total. The van der Waals surface area contributed by atoms with Crippen LogP contribution in [0.5, 0.6) is 0 Å². The highest BCUT2D eigenvalue weighted by Gasteiger charge is 2.21. The van der Waals surface area contributed by atoms with Gasteiger partial charge in [0.15, 0.2) is 0 Å². The normalized spacial score (nSPS) is 26.4. The fourth-order valence-electron chi connectivity index (χ4n) is 2.27. The maximum atomic E-state index is 5.48. The highest BCUT2D eigenvalue weighted by atomic mass is 32.1. The van der Waals surface area contributed by atoms with E-state index < -0.39 is 0 Å². The third-order valence-corrected chi connectivity index (χ3v) is 4.38. The van der Waals surface area contributed by atoms with Gasteiger partial charge in [-0.1, -0.05) is 0 Å². The first-order valence-electron chi connectivity index (χ1n) is 5.36. The molecule has 76 valence electrons. The maximum absolute atomic E-state index is 5.48. The van der Waals surface area contributed by atoms with Crippen LogP contribution in [0.3, 0.4) is 0 Å². The summed E-state index contributed by atoms with van der Waals surface area (Å²) in [6.45, 7) is 2.70. The van der Waals surface area contributed by atoms with Crippen LogP contribution in [-0.2, 0) is 17.6 Å². The van der Waals surface area contributed by atoms with Crippen LogP contribution in [0, 0.1) is 0 Å². The van der Waals surface area contributed by atoms with Crippen molar-refractivity contribution in [2.75, 3.05) is 19.8 Å². The Labute approximate surface area is 88.3 Å². The van der Waals surface area contributed by atoms with E-state index in [0.29, 0.717) is 6.04 Å². The van der Waals surface area contributed by atoms with E-state index in [1.165, 1.54) is 24.1 Å². The summed E-state index contributed by atoms with van der Waals surface area (Å²) >= 11 is 1.99. The van der Waals surface area contributed by atoms with Crippen LogP contribution in [0.1, 0.15) is 27.8 Å². The van der Waals surface area contributed by atoms with Gasteiger partial charge in [0.05, 0.1) is 19.3 Å². The van der Waals surface area contributed by atoms with Crippen molar-refractivity contribution >= 4 is 11.3 Å². The Hall–Kier alpha value is -0.380. The second-order valence-electron chi connectivity index (χ2n) is 4.03. The van der Waals surface area contributed by atoms with Gasteiger partial charge in [-0.15, -0.1) is 11.3 Å². The second kappa shape index (κ2) is 3.65. The minimum atomic E-state index is 0.458. The first-order chi connectivity index (χ1) is 6.93. The van der Waals surface area contributed by atoms with E-state index in [0.717, 1.165) is 19.8 Å². The Balaban J connectivity index is 1.82. The van der Waals surface area contributed by atoms with Crippen LogP contribution in [-0.4, -0.2) is 19.8 Å². The number of morpholine rings is 1. The lowest BCUT2D eigenvalue weighted by Crippen LogP contribution is -2.34. The lowest BCUT2D eigenvalue weighted by Gasteiger charge is -2.22. The Morgan fingerprint density at radius 2 is 2.43 bits per heavy atom. The number of hydrogen-bond donors (Lipinski definition) is 1. The molecule has 3 heteroatoms. The van der Waals surface area contributed by atoms with Gasteiger partial charge in [0, 0.05) is 16.3 Å². The van der Waals surface area contributed by atoms with E-state index in [4.69, 9.17) is 4.74 Å². The fourth-order valence-corrected chi connectivity index (χ4v) is 3.59. The van der Waals surface area contributed by atoms with Crippen molar-refractivity contribution in [1.82, 2.24) is 5.32 Å². The molecular weight excluding hydrogens is 194 g/mol. The molecule has 1 aromatic heterocycles. The van der Waals surface area contributed by atoms with Crippen molar-refractivity contribution in [2.45, 2.75) is 25.3 Å². The standard InChI is InChI=1S/C11H15NOS/c1-2-8-6-11(14-10(8)3-1)9-7-13-5-4-12-9/h6,9,12H,1-5,7H2. The molecule has 0 amide bonds. The van der Waals surface area contributed by atoms with Gasteiger partial charge in [-0.2, -0.15) is 0 Å². The SMILES string of the molecule is c1c(C2COCCN2)sc2c1CCC2. The van der Waals surface area contributed by atoms with Gasteiger partial charge in [-0.25, -0.2) is 0 Å². The molecule has 0 saturated carbocycles. The largest absolute Gasteiger partial charge is 0.378 e. The van der Waals surface area contributed by atoms with Crippen LogP contribution < -0.4 is 5.32 Å². The molecule has 1 unspecified atom stereocenters. The molecule has 0 bridgehead atoms. The van der Waals surface area contributed by atoms with E-state index in [-0.39, 0.29) is 0 Å². The topological polar surface area (TPSA) is 21.3 Å². The number of aryl methyl sites for hydroxylation is 2. The molecule has 0 radical (unpaired) electrons. The van der Waals surface area contributed by atoms with Gasteiger partial charge in [0.2, 0.25) is 0 Å². The monoisotopic (exact) mass is 209 g/mol. The van der Waals surface area contributed by atoms with Crippen LogP contribution in [0.25, 0.3) is 0 Å². The van der Waals surface area contributed by atoms with Gasteiger partial charge < -0.3 is 10.1 Å². The highest BCUT2D eigenvalue weighted by Crippen LogP contribution is 2.34. The highest BCUT2D eigenvalue weighted by molar-refractivity contribution is 7.12. The summed E-state index contributed by atoms with van der Waals surface area (Å²) in [5.41, 5.74) is 1.59. The minimum absolute atomic E-state index is 0.458. The molecule has 1 atom stereocenters. The molecule has 2 nitrogen and oxygen atoms in total. The van der Waals surface area contributed by atoms with Gasteiger partial charge in [0.1, 0.15) is 0 Å². The molecule has 3 rings (SSSR count). The number of thiophene rings is 1. The molecule has 1 aliphatic heterocycles. The molecule has 1 aliphatic carbocycles. The number of nitrogens with one attached hydrogen (secondary N) is 1. The summed E-state index contributed by atoms with van der Waals surface area (Å²) < 4.78 is 5.48. The van der Waals surface area contributed by atoms with Crippen molar-refractivity contribution < 1.29 is 4.74 Å². The molecular formula is C11H15NOS. The number of rotatable bonds is 1. The van der Waals surface area contributed by atoms with Crippen LogP contribution in [0.4, 0.5) is 0 Å². The van der Waals surface area contributed by atoms with Gasteiger partial charge in [-0.05, 0) is 30.9 Å². The smallest absolute Gasteiger partial charge is 0.0670 e. The third kappa shape index (κ3) is 1.49. The van der Waals surface area contributed by atoms with E-state index in [2.05, 4.69) is 11.4 Å².